The van der Waals surface area contributed by atoms with Crippen molar-refractivity contribution in [2.24, 2.45) is 0 Å². The minimum Gasteiger partial charge on any atom is -0.467 e. The van der Waals surface area contributed by atoms with Crippen molar-refractivity contribution in [3.8, 4) is 0 Å². The Kier molecular flexibility index (Phi) is 3.04. The van der Waals surface area contributed by atoms with Crippen LogP contribution in [0.1, 0.15) is 5.76 Å². The summed E-state index contributed by atoms with van der Waals surface area (Å²) in [6, 6.07) is 2.58. The molecule has 1 fully saturated rings. The van der Waals surface area contributed by atoms with Gasteiger partial charge in [0.1, 0.15) is 5.76 Å². The average molecular weight is 241 g/mol. The Morgan fingerprint density at radius 1 is 1.44 bits per heavy atom. The highest BCUT2D eigenvalue weighted by Crippen LogP contribution is 2.11. The molecule has 0 aromatic carbocycles. The van der Waals surface area contributed by atoms with Gasteiger partial charge in [-0.05, 0) is 18.4 Å². The van der Waals surface area contributed by atoms with Crippen molar-refractivity contribution in [1.82, 2.24) is 15.5 Å². The van der Waals surface area contributed by atoms with Crippen LogP contribution in [-0.4, -0.2) is 28.7 Å². The summed E-state index contributed by atoms with van der Waals surface area (Å²) in [7, 11) is 0. The van der Waals surface area contributed by atoms with E-state index in [0.29, 0.717) is 5.76 Å². The Morgan fingerprint density at radius 3 is 2.62 bits per heavy atom. The fourth-order valence-corrected chi connectivity index (χ4v) is 1.77. The van der Waals surface area contributed by atoms with Crippen molar-refractivity contribution in [2.75, 3.05) is 6.26 Å². The van der Waals surface area contributed by atoms with Crippen LogP contribution >= 0.6 is 11.8 Å². The lowest BCUT2D eigenvalue weighted by Gasteiger charge is -2.30. The molecule has 0 spiro atoms. The number of thioether (sulfide) groups is 1. The third-order valence-electron chi connectivity index (χ3n) is 2.13. The molecule has 86 valence electrons. The molecule has 0 unspecified atom stereocenters. The zero-order chi connectivity index (χ0) is 11.5. The number of urea groups is 2. The van der Waals surface area contributed by atoms with Crippen molar-refractivity contribution >= 4 is 23.8 Å². The van der Waals surface area contributed by atoms with Crippen LogP contribution in [0.4, 0.5) is 9.59 Å². The van der Waals surface area contributed by atoms with Crippen LogP contribution < -0.4 is 10.6 Å². The molecule has 1 aromatic rings. The number of rotatable bonds is 3. The number of amides is 4. The summed E-state index contributed by atoms with van der Waals surface area (Å²) < 4.78 is 5.08. The lowest BCUT2D eigenvalue weighted by atomic mass is 10.4. The predicted octanol–water partition coefficient (Wildman–Crippen LogP) is 1.16. The van der Waals surface area contributed by atoms with Crippen molar-refractivity contribution < 1.29 is 14.0 Å². The van der Waals surface area contributed by atoms with E-state index in [-0.39, 0.29) is 12.0 Å². The summed E-state index contributed by atoms with van der Waals surface area (Å²) in [6.07, 6.45) is 3.30. The fraction of sp³-hybridized carbons (Fsp3) is 0.333. The molecule has 16 heavy (non-hydrogen) atoms. The first-order valence-electron chi connectivity index (χ1n) is 4.64. The number of imide groups is 1. The summed E-state index contributed by atoms with van der Waals surface area (Å²) in [5, 5.41) is 5.27. The SMILES string of the molecule is CSC1NC(=O)N(Cc2ccco2)C(=O)N1. The minimum absolute atomic E-state index is 0.131. The smallest absolute Gasteiger partial charge is 0.328 e. The van der Waals surface area contributed by atoms with E-state index in [1.54, 1.807) is 18.4 Å². The van der Waals surface area contributed by atoms with Crippen molar-refractivity contribution in [3.05, 3.63) is 24.2 Å². The second kappa shape index (κ2) is 4.48. The first-order chi connectivity index (χ1) is 7.70. The topological polar surface area (TPSA) is 74.6 Å². The normalized spacial score (nSPS) is 17.2. The first-order valence-corrected chi connectivity index (χ1v) is 5.93. The zero-order valence-electron chi connectivity index (χ0n) is 8.60. The molecule has 2 rings (SSSR count). The molecule has 2 heterocycles. The Morgan fingerprint density at radius 2 is 2.12 bits per heavy atom. The maximum absolute atomic E-state index is 11.6. The molecule has 1 aliphatic rings. The monoisotopic (exact) mass is 241 g/mol. The molecule has 0 bridgehead atoms. The summed E-state index contributed by atoms with van der Waals surface area (Å²) >= 11 is 1.35. The standard InChI is InChI=1S/C9H11N3O3S/c1-16-7-10-8(13)12(9(14)11-7)5-6-3-2-4-15-6/h2-4,7H,5H2,1H3,(H,10,13)(H,11,14). The number of hydrogen-bond acceptors (Lipinski definition) is 4. The fourth-order valence-electron chi connectivity index (χ4n) is 1.33. The molecule has 0 saturated carbocycles. The van der Waals surface area contributed by atoms with Gasteiger partial charge in [-0.15, -0.1) is 11.8 Å². The van der Waals surface area contributed by atoms with Crippen LogP contribution in [0, 0.1) is 0 Å². The molecule has 0 atom stereocenters. The number of nitrogens with one attached hydrogen (secondary N) is 2. The highest BCUT2D eigenvalue weighted by Gasteiger charge is 2.31. The number of nitrogens with zero attached hydrogens (tertiary/aromatic N) is 1. The second-order valence-electron chi connectivity index (χ2n) is 3.18. The summed E-state index contributed by atoms with van der Waals surface area (Å²) in [4.78, 5) is 24.3. The van der Waals surface area contributed by atoms with Crippen LogP contribution in [0.25, 0.3) is 0 Å². The lowest BCUT2D eigenvalue weighted by Crippen LogP contribution is -2.61. The summed E-state index contributed by atoms with van der Waals surface area (Å²) in [6.45, 7) is 0.131. The molecule has 1 saturated heterocycles. The Bertz CT molecular complexity index is 375. The molecule has 0 aliphatic carbocycles. The summed E-state index contributed by atoms with van der Waals surface area (Å²) in [5.41, 5.74) is -0.368. The third kappa shape index (κ3) is 2.13. The summed E-state index contributed by atoms with van der Waals surface area (Å²) in [5.74, 6) is 0.563. The molecule has 4 amide bonds. The minimum atomic E-state index is -0.417. The molecule has 6 nitrogen and oxygen atoms in total. The van der Waals surface area contributed by atoms with Crippen LogP contribution in [0.3, 0.4) is 0 Å². The Labute approximate surface area is 96.4 Å². The van der Waals surface area contributed by atoms with Gasteiger partial charge in [0.2, 0.25) is 0 Å². The van der Waals surface area contributed by atoms with Crippen LogP contribution in [0.15, 0.2) is 22.8 Å². The van der Waals surface area contributed by atoms with Crippen LogP contribution in [0.2, 0.25) is 0 Å². The van der Waals surface area contributed by atoms with E-state index in [9.17, 15) is 9.59 Å². The van der Waals surface area contributed by atoms with Crippen LogP contribution in [0.5, 0.6) is 0 Å². The van der Waals surface area contributed by atoms with Gasteiger partial charge in [-0.25, -0.2) is 14.5 Å². The van der Waals surface area contributed by atoms with Gasteiger partial charge in [0.15, 0.2) is 5.50 Å². The first kappa shape index (κ1) is 10.9. The van der Waals surface area contributed by atoms with Gasteiger partial charge in [0.25, 0.3) is 0 Å². The molecular weight excluding hydrogens is 230 g/mol. The number of hydrogen-bond donors (Lipinski definition) is 2. The Hall–Kier alpha value is -1.63. The number of carbonyl (C=O) groups is 2. The molecular formula is C9H11N3O3S. The molecule has 0 radical (unpaired) electrons. The van der Waals surface area contributed by atoms with Gasteiger partial charge in [-0.1, -0.05) is 0 Å². The molecule has 1 aliphatic heterocycles. The van der Waals surface area contributed by atoms with Gasteiger partial charge in [0, 0.05) is 0 Å². The third-order valence-corrected chi connectivity index (χ3v) is 2.84. The second-order valence-corrected chi connectivity index (χ2v) is 4.12. The van der Waals surface area contributed by atoms with E-state index >= 15 is 0 Å². The van der Waals surface area contributed by atoms with E-state index < -0.39 is 12.1 Å². The van der Waals surface area contributed by atoms with E-state index in [1.807, 2.05) is 0 Å². The van der Waals surface area contributed by atoms with Crippen LogP contribution in [-0.2, 0) is 6.54 Å². The van der Waals surface area contributed by atoms with E-state index in [0.717, 1.165) is 4.90 Å². The Balaban J connectivity index is 2.05. The van der Waals surface area contributed by atoms with Gasteiger partial charge in [0.05, 0.1) is 12.8 Å². The maximum Gasteiger partial charge on any atom is 0.328 e. The highest BCUT2D eigenvalue weighted by atomic mass is 32.2. The lowest BCUT2D eigenvalue weighted by molar-refractivity contribution is 0.167. The zero-order valence-corrected chi connectivity index (χ0v) is 9.41. The quantitative estimate of drug-likeness (QED) is 0.832. The van der Waals surface area contributed by atoms with E-state index in [4.69, 9.17) is 4.42 Å². The molecule has 7 heteroatoms. The maximum atomic E-state index is 11.6. The molecule has 1 aromatic heterocycles. The predicted molar refractivity (Wildman–Crippen MR) is 58.6 cm³/mol. The molecule has 2 N–H and O–H groups in total. The largest absolute Gasteiger partial charge is 0.467 e. The average Bonchev–Trinajstić information content (AvgIpc) is 2.75. The van der Waals surface area contributed by atoms with E-state index in [1.165, 1.54) is 18.0 Å². The van der Waals surface area contributed by atoms with E-state index in [2.05, 4.69) is 10.6 Å². The van der Waals surface area contributed by atoms with Crippen molar-refractivity contribution in [1.29, 1.82) is 0 Å². The van der Waals surface area contributed by atoms with Gasteiger partial charge >= 0.3 is 12.1 Å². The van der Waals surface area contributed by atoms with Crippen molar-refractivity contribution in [2.45, 2.75) is 12.0 Å². The van der Waals surface area contributed by atoms with Gasteiger partial charge in [-0.2, -0.15) is 0 Å². The number of carbonyl (C=O) groups excluding carboxylic acids is 2. The van der Waals surface area contributed by atoms with Gasteiger partial charge in [-0.3, -0.25) is 0 Å². The van der Waals surface area contributed by atoms with Gasteiger partial charge < -0.3 is 15.1 Å². The van der Waals surface area contributed by atoms with Crippen molar-refractivity contribution in [3.63, 3.8) is 0 Å². The highest BCUT2D eigenvalue weighted by molar-refractivity contribution is 7.99. The number of furan rings is 1.